The molecule has 2 N–H and O–H groups in total. The van der Waals surface area contributed by atoms with Crippen molar-refractivity contribution < 1.29 is 9.53 Å². The van der Waals surface area contributed by atoms with Crippen LogP contribution in [0.4, 0.5) is 0 Å². The number of benzene rings is 1. The molecule has 0 aliphatic rings. The van der Waals surface area contributed by atoms with Crippen LogP contribution in [-0.4, -0.2) is 29.5 Å². The van der Waals surface area contributed by atoms with E-state index in [2.05, 4.69) is 15.3 Å². The maximum Gasteiger partial charge on any atom is 0.269 e. The van der Waals surface area contributed by atoms with Crippen molar-refractivity contribution in [3.05, 3.63) is 53.1 Å². The van der Waals surface area contributed by atoms with Gasteiger partial charge in [-0.2, -0.15) is 0 Å². The molecule has 0 spiro atoms. The van der Waals surface area contributed by atoms with Crippen molar-refractivity contribution in [2.45, 2.75) is 6.10 Å². The van der Waals surface area contributed by atoms with Crippen LogP contribution in [0, 0.1) is 0 Å². The number of nitrogens with zero attached hydrogens (tertiary/aromatic N) is 1. The average Bonchev–Trinajstić information content (AvgIpc) is 2.93. The molecule has 0 aliphatic heterocycles. The van der Waals surface area contributed by atoms with Gasteiger partial charge < -0.3 is 15.0 Å². The van der Waals surface area contributed by atoms with Crippen LogP contribution in [0.25, 0.3) is 0 Å². The van der Waals surface area contributed by atoms with Gasteiger partial charge in [-0.3, -0.25) is 4.79 Å². The monoisotopic (exact) mass is 279 g/mol. The van der Waals surface area contributed by atoms with Crippen LogP contribution in [0.3, 0.4) is 0 Å². The van der Waals surface area contributed by atoms with Gasteiger partial charge in [-0.05, 0) is 17.7 Å². The third-order valence-electron chi connectivity index (χ3n) is 2.70. The molecule has 1 heterocycles. The lowest BCUT2D eigenvalue weighted by molar-refractivity contribution is 0.0824. The normalized spacial score (nSPS) is 12.1. The standard InChI is InChI=1S/C13H14ClN3O2/c1-19-12(9-3-2-4-10(14)5-9)7-16-13(18)11-6-15-8-17-11/h2-6,8,12H,7H2,1H3,(H,15,17)(H,16,18). The number of carbonyl (C=O) groups is 1. The van der Waals surface area contributed by atoms with Gasteiger partial charge in [-0.15, -0.1) is 0 Å². The Hall–Kier alpha value is -1.85. The van der Waals surface area contributed by atoms with E-state index in [9.17, 15) is 4.79 Å². The van der Waals surface area contributed by atoms with E-state index in [4.69, 9.17) is 16.3 Å². The summed E-state index contributed by atoms with van der Waals surface area (Å²) >= 11 is 5.93. The van der Waals surface area contributed by atoms with Crippen molar-refractivity contribution in [3.63, 3.8) is 0 Å². The smallest absolute Gasteiger partial charge is 0.269 e. The van der Waals surface area contributed by atoms with E-state index in [-0.39, 0.29) is 12.0 Å². The maximum absolute atomic E-state index is 11.8. The van der Waals surface area contributed by atoms with Gasteiger partial charge in [0.1, 0.15) is 5.69 Å². The van der Waals surface area contributed by atoms with Crippen LogP contribution in [0.1, 0.15) is 22.2 Å². The largest absolute Gasteiger partial charge is 0.375 e. The first-order chi connectivity index (χ1) is 9.20. The topological polar surface area (TPSA) is 67.0 Å². The highest BCUT2D eigenvalue weighted by atomic mass is 35.5. The molecule has 0 saturated heterocycles. The van der Waals surface area contributed by atoms with Crippen LogP contribution in [0.2, 0.25) is 5.02 Å². The fourth-order valence-corrected chi connectivity index (χ4v) is 1.90. The number of aromatic amines is 1. The van der Waals surface area contributed by atoms with Crippen LogP contribution >= 0.6 is 11.6 Å². The van der Waals surface area contributed by atoms with Gasteiger partial charge in [0.2, 0.25) is 0 Å². The summed E-state index contributed by atoms with van der Waals surface area (Å²) < 4.78 is 5.36. The van der Waals surface area contributed by atoms with E-state index in [1.54, 1.807) is 13.2 Å². The van der Waals surface area contributed by atoms with E-state index >= 15 is 0 Å². The number of halogens is 1. The number of carbonyl (C=O) groups excluding carboxylic acids is 1. The minimum atomic E-state index is -0.245. The predicted molar refractivity (Wildman–Crippen MR) is 72.1 cm³/mol. The SMILES string of the molecule is COC(CNC(=O)c1cnc[nH]1)c1cccc(Cl)c1. The molecule has 2 aromatic rings. The maximum atomic E-state index is 11.8. The van der Waals surface area contributed by atoms with Gasteiger partial charge in [0.05, 0.1) is 18.6 Å². The van der Waals surface area contributed by atoms with E-state index in [1.165, 1.54) is 12.5 Å². The first-order valence-electron chi connectivity index (χ1n) is 5.75. The Balaban J connectivity index is 1.98. The Bertz CT molecular complexity index is 543. The molecule has 0 saturated carbocycles. The zero-order valence-corrected chi connectivity index (χ0v) is 11.1. The van der Waals surface area contributed by atoms with Crippen LogP contribution < -0.4 is 5.32 Å². The molecule has 0 radical (unpaired) electrons. The van der Waals surface area contributed by atoms with Crippen molar-refractivity contribution in [2.24, 2.45) is 0 Å². The number of amides is 1. The zero-order chi connectivity index (χ0) is 13.7. The lowest BCUT2D eigenvalue weighted by Gasteiger charge is -2.16. The number of hydrogen-bond acceptors (Lipinski definition) is 3. The highest BCUT2D eigenvalue weighted by Gasteiger charge is 2.13. The molecule has 0 aliphatic carbocycles. The van der Waals surface area contributed by atoms with Gasteiger partial charge in [0.15, 0.2) is 0 Å². The first kappa shape index (κ1) is 13.6. The number of nitrogens with one attached hydrogen (secondary N) is 2. The fourth-order valence-electron chi connectivity index (χ4n) is 1.70. The number of aromatic nitrogens is 2. The minimum Gasteiger partial charge on any atom is -0.375 e. The molecule has 5 nitrogen and oxygen atoms in total. The lowest BCUT2D eigenvalue weighted by Crippen LogP contribution is -2.29. The van der Waals surface area contributed by atoms with Crippen molar-refractivity contribution in [1.29, 1.82) is 0 Å². The molecule has 1 atom stereocenters. The van der Waals surface area contributed by atoms with Crippen molar-refractivity contribution in [2.75, 3.05) is 13.7 Å². The van der Waals surface area contributed by atoms with Gasteiger partial charge in [-0.1, -0.05) is 23.7 Å². The molecule has 19 heavy (non-hydrogen) atoms. The number of rotatable bonds is 5. The van der Waals surface area contributed by atoms with Crippen molar-refractivity contribution >= 4 is 17.5 Å². The highest BCUT2D eigenvalue weighted by molar-refractivity contribution is 6.30. The summed E-state index contributed by atoms with van der Waals surface area (Å²) in [5.41, 5.74) is 1.33. The second kappa shape index (κ2) is 6.36. The summed E-state index contributed by atoms with van der Waals surface area (Å²) in [4.78, 5) is 18.3. The molecular weight excluding hydrogens is 266 g/mol. The minimum absolute atomic E-state index is 0.221. The van der Waals surface area contributed by atoms with E-state index in [0.29, 0.717) is 17.3 Å². The van der Waals surface area contributed by atoms with E-state index in [0.717, 1.165) is 5.56 Å². The molecule has 1 aromatic carbocycles. The summed E-state index contributed by atoms with van der Waals surface area (Å²) in [5, 5.41) is 3.41. The Morgan fingerprint density at radius 3 is 3.05 bits per heavy atom. The summed E-state index contributed by atoms with van der Waals surface area (Å²) in [6.07, 6.45) is 2.68. The van der Waals surface area contributed by atoms with Crippen LogP contribution in [0.5, 0.6) is 0 Å². The molecule has 1 unspecified atom stereocenters. The Kier molecular flexibility index (Phi) is 4.54. The highest BCUT2D eigenvalue weighted by Crippen LogP contribution is 2.19. The fraction of sp³-hybridized carbons (Fsp3) is 0.231. The average molecular weight is 280 g/mol. The second-order valence-electron chi connectivity index (χ2n) is 3.95. The van der Waals surface area contributed by atoms with Gasteiger partial charge in [0, 0.05) is 18.7 Å². The Morgan fingerprint density at radius 2 is 2.42 bits per heavy atom. The number of methoxy groups -OCH3 is 1. The molecule has 1 amide bonds. The molecule has 0 bridgehead atoms. The summed E-state index contributed by atoms with van der Waals surface area (Å²) in [6.45, 7) is 0.356. The molecule has 2 rings (SSSR count). The molecular formula is C13H14ClN3O2. The van der Waals surface area contributed by atoms with Crippen LogP contribution in [-0.2, 0) is 4.74 Å². The number of imidazole rings is 1. The summed E-state index contributed by atoms with van der Waals surface area (Å²) in [7, 11) is 1.59. The number of ether oxygens (including phenoxy) is 1. The molecule has 1 aromatic heterocycles. The summed E-state index contributed by atoms with van der Waals surface area (Å²) in [6, 6.07) is 7.36. The van der Waals surface area contributed by atoms with E-state index < -0.39 is 0 Å². The Labute approximate surface area is 116 Å². The van der Waals surface area contributed by atoms with Gasteiger partial charge >= 0.3 is 0 Å². The lowest BCUT2D eigenvalue weighted by atomic mass is 10.1. The molecule has 0 fully saturated rings. The zero-order valence-electron chi connectivity index (χ0n) is 10.4. The molecule has 6 heteroatoms. The third kappa shape index (κ3) is 3.56. The van der Waals surface area contributed by atoms with Gasteiger partial charge in [-0.25, -0.2) is 4.98 Å². The van der Waals surface area contributed by atoms with Crippen molar-refractivity contribution in [1.82, 2.24) is 15.3 Å². The van der Waals surface area contributed by atoms with Gasteiger partial charge in [0.25, 0.3) is 5.91 Å². The second-order valence-corrected chi connectivity index (χ2v) is 4.39. The summed E-state index contributed by atoms with van der Waals surface area (Å²) in [5.74, 6) is -0.221. The third-order valence-corrected chi connectivity index (χ3v) is 2.93. The number of H-pyrrole nitrogens is 1. The van der Waals surface area contributed by atoms with E-state index in [1.807, 2.05) is 18.2 Å². The van der Waals surface area contributed by atoms with Crippen LogP contribution in [0.15, 0.2) is 36.8 Å². The van der Waals surface area contributed by atoms with Crippen molar-refractivity contribution in [3.8, 4) is 0 Å². The molecule has 100 valence electrons. The quantitative estimate of drug-likeness (QED) is 0.881. The number of hydrogen-bond donors (Lipinski definition) is 2. The predicted octanol–water partition coefficient (Wildman–Crippen LogP) is 2.18. The Morgan fingerprint density at radius 1 is 1.58 bits per heavy atom. The first-order valence-corrected chi connectivity index (χ1v) is 6.13.